The molecule has 0 saturated carbocycles. The molecule has 0 bridgehead atoms. The van der Waals surface area contributed by atoms with Crippen LogP contribution in [0.4, 0.5) is 5.69 Å². The van der Waals surface area contributed by atoms with E-state index < -0.39 is 17.1 Å². The number of carbonyl (C=O) groups is 1. The zero-order valence-corrected chi connectivity index (χ0v) is 10.1. The van der Waals surface area contributed by atoms with E-state index in [0.717, 1.165) is 0 Å². The maximum atomic E-state index is 11.9. The van der Waals surface area contributed by atoms with E-state index in [1.54, 1.807) is 6.07 Å². The van der Waals surface area contributed by atoms with Crippen molar-refractivity contribution in [3.05, 3.63) is 39.9 Å². The van der Waals surface area contributed by atoms with Crippen LogP contribution < -0.4 is 0 Å². The lowest BCUT2D eigenvalue weighted by atomic mass is 10.1. The third-order valence-electron chi connectivity index (χ3n) is 3.09. The van der Waals surface area contributed by atoms with Crippen LogP contribution in [0.5, 0.6) is 0 Å². The maximum Gasteiger partial charge on any atom is 0.269 e. The van der Waals surface area contributed by atoms with Crippen LogP contribution in [-0.4, -0.2) is 51.2 Å². The SMILES string of the molecule is O=C(Cc1cccc([N+](=O)[O-])c1)N1CC(O)C(O)C1. The van der Waals surface area contributed by atoms with Gasteiger partial charge in [-0.3, -0.25) is 14.9 Å². The minimum absolute atomic E-state index is 0.0150. The highest BCUT2D eigenvalue weighted by atomic mass is 16.6. The number of nitro groups is 1. The van der Waals surface area contributed by atoms with Gasteiger partial charge in [0.05, 0.1) is 23.6 Å². The third-order valence-corrected chi connectivity index (χ3v) is 3.09. The molecule has 102 valence electrons. The molecule has 1 fully saturated rings. The molecule has 0 aliphatic carbocycles. The first-order valence-electron chi connectivity index (χ1n) is 5.84. The second-order valence-corrected chi connectivity index (χ2v) is 4.54. The number of aliphatic hydroxyl groups is 2. The summed E-state index contributed by atoms with van der Waals surface area (Å²) in [7, 11) is 0. The lowest BCUT2D eigenvalue weighted by Crippen LogP contribution is -2.31. The Morgan fingerprint density at radius 2 is 2.00 bits per heavy atom. The van der Waals surface area contributed by atoms with E-state index >= 15 is 0 Å². The Kier molecular flexibility index (Phi) is 3.77. The number of hydrogen-bond acceptors (Lipinski definition) is 5. The van der Waals surface area contributed by atoms with Gasteiger partial charge in [0.15, 0.2) is 0 Å². The van der Waals surface area contributed by atoms with Crippen molar-refractivity contribution in [1.82, 2.24) is 4.90 Å². The third kappa shape index (κ3) is 3.07. The van der Waals surface area contributed by atoms with Gasteiger partial charge in [0.25, 0.3) is 5.69 Å². The summed E-state index contributed by atoms with van der Waals surface area (Å²) in [5.74, 6) is -0.268. The van der Waals surface area contributed by atoms with Crippen LogP contribution >= 0.6 is 0 Å². The van der Waals surface area contributed by atoms with Crippen molar-refractivity contribution in [1.29, 1.82) is 0 Å². The van der Waals surface area contributed by atoms with E-state index in [-0.39, 0.29) is 31.1 Å². The van der Waals surface area contributed by atoms with E-state index in [0.29, 0.717) is 5.56 Å². The smallest absolute Gasteiger partial charge is 0.269 e. The first-order chi connectivity index (χ1) is 8.97. The molecule has 0 spiro atoms. The molecule has 1 aliphatic rings. The highest BCUT2D eigenvalue weighted by Gasteiger charge is 2.32. The van der Waals surface area contributed by atoms with E-state index in [1.165, 1.54) is 23.1 Å². The number of nitrogens with zero attached hydrogens (tertiary/aromatic N) is 2. The van der Waals surface area contributed by atoms with Crippen LogP contribution in [-0.2, 0) is 11.2 Å². The van der Waals surface area contributed by atoms with Gasteiger partial charge < -0.3 is 15.1 Å². The quantitative estimate of drug-likeness (QED) is 0.577. The van der Waals surface area contributed by atoms with E-state index in [2.05, 4.69) is 0 Å². The summed E-state index contributed by atoms with van der Waals surface area (Å²) in [6.45, 7) is 0.184. The van der Waals surface area contributed by atoms with Crippen LogP contribution in [0.2, 0.25) is 0 Å². The molecule has 1 aromatic carbocycles. The maximum absolute atomic E-state index is 11.9. The number of aliphatic hydroxyl groups excluding tert-OH is 2. The minimum Gasteiger partial charge on any atom is -0.388 e. The van der Waals surface area contributed by atoms with Crippen molar-refractivity contribution in [2.75, 3.05) is 13.1 Å². The van der Waals surface area contributed by atoms with Crippen LogP contribution in [0.3, 0.4) is 0 Å². The Labute approximate surface area is 109 Å². The topological polar surface area (TPSA) is 104 Å². The predicted molar refractivity (Wildman–Crippen MR) is 65.4 cm³/mol. The second kappa shape index (κ2) is 5.33. The Hall–Kier alpha value is -1.99. The van der Waals surface area contributed by atoms with Gasteiger partial charge in [0, 0.05) is 25.2 Å². The summed E-state index contributed by atoms with van der Waals surface area (Å²) in [6.07, 6.45) is -1.83. The zero-order chi connectivity index (χ0) is 14.0. The van der Waals surface area contributed by atoms with E-state index in [1.807, 2.05) is 0 Å². The van der Waals surface area contributed by atoms with E-state index in [9.17, 15) is 25.1 Å². The van der Waals surface area contributed by atoms with Gasteiger partial charge in [0.2, 0.25) is 5.91 Å². The molecule has 0 aromatic heterocycles. The number of carbonyl (C=O) groups excluding carboxylic acids is 1. The number of hydrogen-bond donors (Lipinski definition) is 2. The first-order valence-corrected chi connectivity index (χ1v) is 5.84. The summed E-state index contributed by atoms with van der Waals surface area (Å²) in [4.78, 5) is 23.4. The fourth-order valence-corrected chi connectivity index (χ4v) is 2.04. The molecule has 2 atom stereocenters. The molecular formula is C12H14N2O5. The fraction of sp³-hybridized carbons (Fsp3) is 0.417. The first kappa shape index (κ1) is 13.4. The summed E-state index contributed by atoms with van der Waals surface area (Å²) in [6, 6.07) is 5.86. The van der Waals surface area contributed by atoms with Gasteiger partial charge >= 0.3 is 0 Å². The molecule has 1 amide bonds. The average Bonchev–Trinajstić information content (AvgIpc) is 2.70. The van der Waals surface area contributed by atoms with Crippen molar-refractivity contribution in [2.45, 2.75) is 18.6 Å². The van der Waals surface area contributed by atoms with Gasteiger partial charge in [-0.05, 0) is 5.56 Å². The average molecular weight is 266 g/mol. The monoisotopic (exact) mass is 266 g/mol. The Balaban J connectivity index is 2.03. The number of β-amino-alcohol motifs (C(OH)–C–C–N with tert-alkyl or cyclic N) is 2. The van der Waals surface area contributed by atoms with Crippen LogP contribution in [0.25, 0.3) is 0 Å². The number of rotatable bonds is 3. The number of amides is 1. The van der Waals surface area contributed by atoms with Crippen molar-refractivity contribution in [3.63, 3.8) is 0 Å². The number of benzene rings is 1. The predicted octanol–water partition coefficient (Wildman–Crippen LogP) is -0.299. The van der Waals surface area contributed by atoms with Gasteiger partial charge in [-0.1, -0.05) is 12.1 Å². The van der Waals surface area contributed by atoms with Gasteiger partial charge in [-0.15, -0.1) is 0 Å². The van der Waals surface area contributed by atoms with Gasteiger partial charge in [-0.25, -0.2) is 0 Å². The van der Waals surface area contributed by atoms with Crippen LogP contribution in [0.15, 0.2) is 24.3 Å². The summed E-state index contributed by atoms with van der Waals surface area (Å²) in [5.41, 5.74) is 0.474. The Morgan fingerprint density at radius 1 is 1.37 bits per heavy atom. The molecule has 1 aliphatic heterocycles. The van der Waals surface area contributed by atoms with Crippen molar-refractivity contribution < 1.29 is 19.9 Å². The molecule has 19 heavy (non-hydrogen) atoms. The van der Waals surface area contributed by atoms with Crippen molar-refractivity contribution in [2.24, 2.45) is 0 Å². The highest BCUT2D eigenvalue weighted by Crippen LogP contribution is 2.16. The Bertz CT molecular complexity index is 495. The molecule has 2 N–H and O–H groups in total. The molecule has 0 radical (unpaired) electrons. The fourth-order valence-electron chi connectivity index (χ4n) is 2.04. The largest absolute Gasteiger partial charge is 0.388 e. The van der Waals surface area contributed by atoms with Crippen LogP contribution in [0, 0.1) is 10.1 Å². The zero-order valence-electron chi connectivity index (χ0n) is 10.1. The van der Waals surface area contributed by atoms with Crippen LogP contribution in [0.1, 0.15) is 5.56 Å². The molecule has 2 rings (SSSR count). The lowest BCUT2D eigenvalue weighted by Gasteiger charge is -2.15. The standard InChI is InChI=1S/C12H14N2O5/c15-10-6-13(7-11(10)16)12(17)5-8-2-1-3-9(4-8)14(18)19/h1-4,10-11,15-16H,5-7H2. The summed E-state index contributed by atoms with van der Waals surface area (Å²) < 4.78 is 0. The van der Waals surface area contributed by atoms with Crippen molar-refractivity contribution >= 4 is 11.6 Å². The molecule has 1 aromatic rings. The second-order valence-electron chi connectivity index (χ2n) is 4.54. The molecule has 2 unspecified atom stereocenters. The molecular weight excluding hydrogens is 252 g/mol. The molecule has 1 saturated heterocycles. The van der Waals surface area contributed by atoms with Gasteiger partial charge in [0.1, 0.15) is 0 Å². The number of likely N-dealkylation sites (tertiary alicyclic amines) is 1. The molecule has 7 heteroatoms. The number of nitro benzene ring substituents is 1. The molecule has 1 heterocycles. The minimum atomic E-state index is -0.922. The lowest BCUT2D eigenvalue weighted by molar-refractivity contribution is -0.384. The molecule has 7 nitrogen and oxygen atoms in total. The number of non-ortho nitro benzene ring substituents is 1. The van der Waals surface area contributed by atoms with Crippen molar-refractivity contribution in [3.8, 4) is 0 Å². The van der Waals surface area contributed by atoms with E-state index in [4.69, 9.17) is 0 Å². The summed E-state index contributed by atoms with van der Waals surface area (Å²) in [5, 5.41) is 29.4. The normalized spacial score (nSPS) is 22.5. The Morgan fingerprint density at radius 3 is 2.58 bits per heavy atom. The highest BCUT2D eigenvalue weighted by molar-refractivity contribution is 5.79. The summed E-state index contributed by atoms with van der Waals surface area (Å²) >= 11 is 0. The van der Waals surface area contributed by atoms with Gasteiger partial charge in [-0.2, -0.15) is 0 Å².